The quantitative estimate of drug-likeness (QED) is 0.786. The number of alkyl halides is 1. The van der Waals surface area contributed by atoms with Crippen molar-refractivity contribution in [1.29, 1.82) is 0 Å². The minimum Gasteiger partial charge on any atom is -0.493 e. The Bertz CT molecular complexity index is 507. The Balaban J connectivity index is 2.17. The highest BCUT2D eigenvalue weighted by atomic mass is 79.9. The molecule has 0 radical (unpaired) electrons. The maximum absolute atomic E-state index is 5.72. The highest BCUT2D eigenvalue weighted by Gasteiger charge is 2.11. The van der Waals surface area contributed by atoms with Crippen molar-refractivity contribution in [3.05, 3.63) is 29.6 Å². The lowest BCUT2D eigenvalue weighted by Crippen LogP contribution is -2.02. The average Bonchev–Trinajstić information content (AvgIpc) is 2.81. The van der Waals surface area contributed by atoms with Crippen LogP contribution in [0.25, 0.3) is 0 Å². The Hall–Kier alpha value is -1.63. The number of hydrogen-bond donors (Lipinski definition) is 0. The number of benzene rings is 1. The molecule has 1 aromatic carbocycles. The van der Waals surface area contributed by atoms with Crippen LogP contribution in [0.5, 0.6) is 11.5 Å². The number of halogens is 1. The summed E-state index contributed by atoms with van der Waals surface area (Å²) in [7, 11) is 3.32. The van der Waals surface area contributed by atoms with E-state index in [0.29, 0.717) is 22.7 Å². The van der Waals surface area contributed by atoms with Crippen LogP contribution in [-0.2, 0) is 19.0 Å². The van der Waals surface area contributed by atoms with Gasteiger partial charge >= 0.3 is 0 Å². The van der Waals surface area contributed by atoms with Gasteiger partial charge in [0.15, 0.2) is 18.1 Å². The van der Waals surface area contributed by atoms with Gasteiger partial charge in [-0.25, -0.2) is 0 Å². The number of methoxy groups -OCH3 is 1. The summed E-state index contributed by atoms with van der Waals surface area (Å²) in [5, 5.41) is 12.4. The zero-order valence-corrected chi connectivity index (χ0v) is 11.7. The van der Waals surface area contributed by atoms with E-state index in [4.69, 9.17) is 9.47 Å². The highest BCUT2D eigenvalue weighted by molar-refractivity contribution is 9.08. The molecular weight excluding hydrogens is 300 g/mol. The van der Waals surface area contributed by atoms with Crippen LogP contribution >= 0.6 is 15.9 Å². The number of ether oxygens (including phenoxy) is 2. The summed E-state index contributed by atoms with van der Waals surface area (Å²) in [5.41, 5.74) is 1.01. The van der Waals surface area contributed by atoms with Gasteiger partial charge in [0, 0.05) is 10.9 Å². The summed E-state index contributed by atoms with van der Waals surface area (Å²) >= 11 is 3.42. The van der Waals surface area contributed by atoms with Crippen molar-refractivity contribution in [1.82, 2.24) is 20.2 Å². The molecule has 0 atom stereocenters. The second-order valence-electron chi connectivity index (χ2n) is 3.57. The van der Waals surface area contributed by atoms with E-state index >= 15 is 0 Å². The fourth-order valence-corrected chi connectivity index (χ4v) is 1.95. The lowest BCUT2D eigenvalue weighted by Gasteiger charge is -2.12. The SMILES string of the molecule is COc1cccc(CBr)c1OCc1nnn(C)n1. The molecule has 6 nitrogen and oxygen atoms in total. The molecule has 0 aliphatic rings. The van der Waals surface area contributed by atoms with Gasteiger partial charge in [-0.2, -0.15) is 4.80 Å². The third-order valence-corrected chi connectivity index (χ3v) is 2.92. The predicted octanol–water partition coefficient (Wildman–Crippen LogP) is 1.69. The number of aryl methyl sites for hydroxylation is 1. The summed E-state index contributed by atoms with van der Waals surface area (Å²) in [6.45, 7) is 0.258. The molecule has 1 heterocycles. The van der Waals surface area contributed by atoms with Gasteiger partial charge in [-0.15, -0.1) is 10.2 Å². The lowest BCUT2D eigenvalue weighted by molar-refractivity contribution is 0.274. The Morgan fingerprint density at radius 1 is 1.39 bits per heavy atom. The monoisotopic (exact) mass is 312 g/mol. The van der Waals surface area contributed by atoms with Crippen molar-refractivity contribution in [2.24, 2.45) is 7.05 Å². The lowest BCUT2D eigenvalue weighted by atomic mass is 10.2. The van der Waals surface area contributed by atoms with E-state index in [1.165, 1.54) is 4.80 Å². The molecule has 0 aliphatic heterocycles. The number of para-hydroxylation sites is 1. The molecule has 0 saturated carbocycles. The summed E-state index contributed by atoms with van der Waals surface area (Å²) < 4.78 is 11.0. The van der Waals surface area contributed by atoms with Crippen LogP contribution in [0.1, 0.15) is 11.4 Å². The normalized spacial score (nSPS) is 10.4. The van der Waals surface area contributed by atoms with Gasteiger partial charge < -0.3 is 9.47 Å². The second kappa shape index (κ2) is 5.81. The largest absolute Gasteiger partial charge is 0.493 e. The summed E-state index contributed by atoms with van der Waals surface area (Å²) in [6.07, 6.45) is 0. The predicted molar refractivity (Wildman–Crippen MR) is 68.8 cm³/mol. The number of nitrogens with zero attached hydrogens (tertiary/aromatic N) is 4. The summed E-state index contributed by atoms with van der Waals surface area (Å²) in [6, 6.07) is 5.74. The molecule has 0 amide bonds. The Kier molecular flexibility index (Phi) is 4.14. The number of hydrogen-bond acceptors (Lipinski definition) is 5. The van der Waals surface area contributed by atoms with E-state index in [1.54, 1.807) is 14.2 Å². The molecule has 0 saturated heterocycles. The van der Waals surface area contributed by atoms with E-state index < -0.39 is 0 Å². The van der Waals surface area contributed by atoms with Crippen LogP contribution in [0, 0.1) is 0 Å². The van der Waals surface area contributed by atoms with Gasteiger partial charge in [-0.1, -0.05) is 28.1 Å². The first kappa shape index (κ1) is 12.8. The maximum atomic E-state index is 5.72. The van der Waals surface area contributed by atoms with Gasteiger partial charge in [0.2, 0.25) is 5.82 Å². The number of tetrazole rings is 1. The standard InChI is InChI=1S/C11H13BrN4O2/c1-16-14-10(13-15-16)7-18-11-8(6-12)4-3-5-9(11)17-2/h3-5H,6-7H2,1-2H3. The molecule has 7 heteroatoms. The topological polar surface area (TPSA) is 62.1 Å². The zero-order valence-electron chi connectivity index (χ0n) is 10.1. The number of rotatable bonds is 5. The molecule has 1 aromatic heterocycles. The fourth-order valence-electron chi connectivity index (χ4n) is 1.51. The van der Waals surface area contributed by atoms with Crippen LogP contribution in [0.4, 0.5) is 0 Å². The maximum Gasteiger partial charge on any atom is 0.212 e. The van der Waals surface area contributed by atoms with Gasteiger partial charge in [0.25, 0.3) is 0 Å². The van der Waals surface area contributed by atoms with Crippen molar-refractivity contribution < 1.29 is 9.47 Å². The molecular formula is C11H13BrN4O2. The van der Waals surface area contributed by atoms with Crippen LogP contribution in [-0.4, -0.2) is 27.3 Å². The first-order valence-corrected chi connectivity index (χ1v) is 6.44. The molecule has 0 N–H and O–H groups in total. The third kappa shape index (κ3) is 2.79. The molecule has 2 aromatic rings. The minimum atomic E-state index is 0.258. The smallest absolute Gasteiger partial charge is 0.212 e. The third-order valence-electron chi connectivity index (χ3n) is 2.32. The van der Waals surface area contributed by atoms with E-state index in [2.05, 4.69) is 31.3 Å². The molecule has 0 bridgehead atoms. The van der Waals surface area contributed by atoms with Crippen LogP contribution < -0.4 is 9.47 Å². The zero-order chi connectivity index (χ0) is 13.0. The van der Waals surface area contributed by atoms with Gasteiger partial charge in [0.05, 0.1) is 14.2 Å². The molecule has 96 valence electrons. The fraction of sp³-hybridized carbons (Fsp3) is 0.364. The van der Waals surface area contributed by atoms with Crippen molar-refractivity contribution in [3.8, 4) is 11.5 Å². The van der Waals surface area contributed by atoms with Crippen LogP contribution in [0.3, 0.4) is 0 Å². The first-order valence-electron chi connectivity index (χ1n) is 5.32. The van der Waals surface area contributed by atoms with Crippen molar-refractivity contribution in [3.63, 3.8) is 0 Å². The van der Waals surface area contributed by atoms with Gasteiger partial charge in [-0.3, -0.25) is 0 Å². The van der Waals surface area contributed by atoms with E-state index in [9.17, 15) is 0 Å². The van der Waals surface area contributed by atoms with Gasteiger partial charge in [0.1, 0.15) is 0 Å². The van der Waals surface area contributed by atoms with Crippen molar-refractivity contribution in [2.45, 2.75) is 11.9 Å². The van der Waals surface area contributed by atoms with Crippen LogP contribution in [0.2, 0.25) is 0 Å². The Morgan fingerprint density at radius 3 is 2.83 bits per heavy atom. The van der Waals surface area contributed by atoms with Gasteiger partial charge in [-0.05, 0) is 11.3 Å². The number of aromatic nitrogens is 4. The van der Waals surface area contributed by atoms with E-state index in [1.807, 2.05) is 18.2 Å². The van der Waals surface area contributed by atoms with E-state index in [-0.39, 0.29) is 6.61 Å². The summed E-state index contributed by atoms with van der Waals surface area (Å²) in [4.78, 5) is 1.40. The summed E-state index contributed by atoms with van der Waals surface area (Å²) in [5.74, 6) is 1.92. The Morgan fingerprint density at radius 2 is 2.22 bits per heavy atom. The van der Waals surface area contributed by atoms with Crippen molar-refractivity contribution >= 4 is 15.9 Å². The van der Waals surface area contributed by atoms with Crippen LogP contribution in [0.15, 0.2) is 18.2 Å². The van der Waals surface area contributed by atoms with E-state index in [0.717, 1.165) is 5.56 Å². The molecule has 0 spiro atoms. The molecule has 18 heavy (non-hydrogen) atoms. The molecule has 0 aliphatic carbocycles. The molecule has 0 unspecified atom stereocenters. The average molecular weight is 313 g/mol. The Labute approximate surface area is 113 Å². The minimum absolute atomic E-state index is 0.258. The second-order valence-corrected chi connectivity index (χ2v) is 4.13. The van der Waals surface area contributed by atoms with Crippen molar-refractivity contribution in [2.75, 3.05) is 7.11 Å². The molecule has 2 rings (SSSR count). The highest BCUT2D eigenvalue weighted by Crippen LogP contribution is 2.32. The first-order chi connectivity index (χ1) is 8.74. The molecule has 0 fully saturated rings.